The van der Waals surface area contributed by atoms with Crippen molar-refractivity contribution < 1.29 is 0 Å². The first-order valence-electron chi connectivity index (χ1n) is 5.02. The maximum absolute atomic E-state index is 5.87. The van der Waals surface area contributed by atoms with Crippen LogP contribution in [0.1, 0.15) is 25.7 Å². The Bertz CT molecular complexity index is 177. The normalized spacial score (nSPS) is 37.4. The fourth-order valence-electron chi connectivity index (χ4n) is 2.22. The molecule has 2 heteroatoms. The van der Waals surface area contributed by atoms with Gasteiger partial charge in [-0.1, -0.05) is 12.2 Å². The van der Waals surface area contributed by atoms with Crippen molar-refractivity contribution >= 4 is 0 Å². The highest BCUT2D eigenvalue weighted by atomic mass is 15.2. The summed E-state index contributed by atoms with van der Waals surface area (Å²) in [6.07, 6.45) is 9.83. The second-order valence-electron chi connectivity index (χ2n) is 3.97. The van der Waals surface area contributed by atoms with Crippen LogP contribution < -0.4 is 5.73 Å². The molecular weight excluding hydrogens is 148 g/mol. The smallest absolute Gasteiger partial charge is 0.0278 e. The molecule has 0 aromatic rings. The largest absolute Gasteiger partial charge is 0.326 e. The fraction of sp³-hybridized carbons (Fsp3) is 0.800. The van der Waals surface area contributed by atoms with E-state index >= 15 is 0 Å². The summed E-state index contributed by atoms with van der Waals surface area (Å²) in [5.74, 6) is 0. The van der Waals surface area contributed by atoms with Crippen molar-refractivity contribution in [3.05, 3.63) is 12.2 Å². The highest BCUT2D eigenvalue weighted by Gasteiger charge is 2.24. The van der Waals surface area contributed by atoms with Gasteiger partial charge in [-0.25, -0.2) is 0 Å². The third-order valence-corrected chi connectivity index (χ3v) is 2.95. The van der Waals surface area contributed by atoms with E-state index in [1.807, 2.05) is 0 Å². The molecule has 0 saturated carbocycles. The number of hydrogen-bond donors (Lipinski definition) is 1. The van der Waals surface area contributed by atoms with Crippen LogP contribution in [-0.4, -0.2) is 30.1 Å². The topological polar surface area (TPSA) is 29.3 Å². The van der Waals surface area contributed by atoms with Crippen molar-refractivity contribution in [1.82, 2.24) is 4.90 Å². The Morgan fingerprint density at radius 1 is 1.33 bits per heavy atom. The van der Waals surface area contributed by atoms with Crippen molar-refractivity contribution in [2.24, 2.45) is 5.73 Å². The van der Waals surface area contributed by atoms with E-state index in [9.17, 15) is 0 Å². The number of allylic oxidation sites excluding steroid dienone is 1. The van der Waals surface area contributed by atoms with Gasteiger partial charge in [0, 0.05) is 25.2 Å². The molecule has 1 aliphatic heterocycles. The SMILES string of the molecule is N[C@@H]1CCN(C2C=CCCC2)C1. The third kappa shape index (κ3) is 1.70. The Morgan fingerprint density at radius 2 is 2.25 bits per heavy atom. The lowest BCUT2D eigenvalue weighted by Crippen LogP contribution is -2.35. The highest BCUT2D eigenvalue weighted by Crippen LogP contribution is 2.20. The number of likely N-dealkylation sites (tertiary alicyclic amines) is 1. The predicted octanol–water partition coefficient (Wildman–Crippen LogP) is 1.13. The van der Waals surface area contributed by atoms with E-state index in [-0.39, 0.29) is 0 Å². The monoisotopic (exact) mass is 166 g/mol. The van der Waals surface area contributed by atoms with Crippen molar-refractivity contribution in [3.63, 3.8) is 0 Å². The van der Waals surface area contributed by atoms with Crippen molar-refractivity contribution in [1.29, 1.82) is 0 Å². The number of rotatable bonds is 1. The zero-order valence-electron chi connectivity index (χ0n) is 7.58. The van der Waals surface area contributed by atoms with E-state index in [2.05, 4.69) is 17.1 Å². The Morgan fingerprint density at radius 3 is 2.83 bits per heavy atom. The first kappa shape index (κ1) is 8.27. The van der Waals surface area contributed by atoms with Crippen LogP contribution >= 0.6 is 0 Å². The molecular formula is C10H18N2. The quantitative estimate of drug-likeness (QED) is 0.592. The van der Waals surface area contributed by atoms with Gasteiger partial charge in [-0.15, -0.1) is 0 Å². The van der Waals surface area contributed by atoms with Gasteiger partial charge in [-0.2, -0.15) is 0 Å². The summed E-state index contributed by atoms with van der Waals surface area (Å²) in [5, 5.41) is 0. The van der Waals surface area contributed by atoms with Crippen LogP contribution in [0.2, 0.25) is 0 Å². The fourth-order valence-corrected chi connectivity index (χ4v) is 2.22. The molecule has 1 heterocycles. The van der Waals surface area contributed by atoms with Crippen molar-refractivity contribution in [2.45, 2.75) is 37.8 Å². The van der Waals surface area contributed by atoms with Gasteiger partial charge >= 0.3 is 0 Å². The summed E-state index contributed by atoms with van der Waals surface area (Å²) in [4.78, 5) is 2.53. The average molecular weight is 166 g/mol. The Labute approximate surface area is 74.4 Å². The maximum atomic E-state index is 5.87. The summed E-state index contributed by atoms with van der Waals surface area (Å²) >= 11 is 0. The summed E-state index contributed by atoms with van der Waals surface area (Å²) in [5.41, 5.74) is 5.87. The first-order valence-corrected chi connectivity index (χ1v) is 5.02. The van der Waals surface area contributed by atoms with Gasteiger partial charge < -0.3 is 5.73 Å². The van der Waals surface area contributed by atoms with E-state index in [1.54, 1.807) is 0 Å². The molecule has 2 rings (SSSR count). The summed E-state index contributed by atoms with van der Waals surface area (Å²) < 4.78 is 0. The standard InChI is InChI=1S/C10H18N2/c11-9-6-7-12(8-9)10-4-2-1-3-5-10/h2,4,9-10H,1,3,5-8,11H2/t9-,10?/m1/s1. The predicted molar refractivity (Wildman–Crippen MR) is 50.9 cm³/mol. The molecule has 1 unspecified atom stereocenters. The molecule has 68 valence electrons. The zero-order chi connectivity index (χ0) is 8.39. The maximum Gasteiger partial charge on any atom is 0.0278 e. The molecule has 2 nitrogen and oxygen atoms in total. The second-order valence-corrected chi connectivity index (χ2v) is 3.97. The van der Waals surface area contributed by atoms with Gasteiger partial charge in [0.1, 0.15) is 0 Å². The summed E-state index contributed by atoms with van der Waals surface area (Å²) in [7, 11) is 0. The molecule has 1 saturated heterocycles. The van der Waals surface area contributed by atoms with E-state index < -0.39 is 0 Å². The van der Waals surface area contributed by atoms with Crippen LogP contribution in [0.25, 0.3) is 0 Å². The minimum Gasteiger partial charge on any atom is -0.326 e. The van der Waals surface area contributed by atoms with E-state index in [1.165, 1.54) is 32.2 Å². The van der Waals surface area contributed by atoms with Crippen LogP contribution in [0.4, 0.5) is 0 Å². The van der Waals surface area contributed by atoms with E-state index in [4.69, 9.17) is 5.73 Å². The van der Waals surface area contributed by atoms with Gasteiger partial charge in [0.05, 0.1) is 0 Å². The van der Waals surface area contributed by atoms with Crippen LogP contribution in [0, 0.1) is 0 Å². The second kappa shape index (κ2) is 3.58. The van der Waals surface area contributed by atoms with Crippen LogP contribution in [0.3, 0.4) is 0 Å². The molecule has 2 aliphatic rings. The molecule has 1 fully saturated rings. The van der Waals surface area contributed by atoms with Gasteiger partial charge in [-0.3, -0.25) is 4.90 Å². The first-order chi connectivity index (χ1) is 5.86. The lowest BCUT2D eigenvalue weighted by atomic mass is 10.0. The Kier molecular flexibility index (Phi) is 2.47. The molecule has 0 spiro atoms. The van der Waals surface area contributed by atoms with Gasteiger partial charge in [0.25, 0.3) is 0 Å². The van der Waals surface area contributed by atoms with E-state index in [0.29, 0.717) is 12.1 Å². The number of nitrogens with zero attached hydrogens (tertiary/aromatic N) is 1. The molecule has 0 bridgehead atoms. The molecule has 0 aromatic carbocycles. The van der Waals surface area contributed by atoms with E-state index in [0.717, 1.165) is 6.54 Å². The van der Waals surface area contributed by atoms with Crippen LogP contribution in [0.15, 0.2) is 12.2 Å². The number of hydrogen-bond acceptors (Lipinski definition) is 2. The van der Waals surface area contributed by atoms with Gasteiger partial charge in [-0.05, 0) is 25.7 Å². The Balaban J connectivity index is 1.91. The summed E-state index contributed by atoms with van der Waals surface area (Å²) in [6.45, 7) is 2.31. The molecule has 0 amide bonds. The molecule has 0 radical (unpaired) electrons. The molecule has 0 aromatic heterocycles. The minimum absolute atomic E-state index is 0.431. The molecule has 1 aliphatic carbocycles. The lowest BCUT2D eigenvalue weighted by molar-refractivity contribution is 0.260. The minimum atomic E-state index is 0.431. The van der Waals surface area contributed by atoms with Gasteiger partial charge in [0.15, 0.2) is 0 Å². The Hall–Kier alpha value is -0.340. The van der Waals surface area contributed by atoms with Gasteiger partial charge in [0.2, 0.25) is 0 Å². The third-order valence-electron chi connectivity index (χ3n) is 2.95. The van der Waals surface area contributed by atoms with Crippen molar-refractivity contribution in [3.8, 4) is 0 Å². The molecule has 12 heavy (non-hydrogen) atoms. The highest BCUT2D eigenvalue weighted by molar-refractivity contribution is 5.00. The number of nitrogens with two attached hydrogens (primary N) is 1. The zero-order valence-corrected chi connectivity index (χ0v) is 7.58. The van der Waals surface area contributed by atoms with Crippen molar-refractivity contribution in [2.75, 3.05) is 13.1 Å². The summed E-state index contributed by atoms with van der Waals surface area (Å²) in [6, 6.07) is 1.13. The van der Waals surface area contributed by atoms with Crippen LogP contribution in [-0.2, 0) is 0 Å². The molecule has 2 atom stereocenters. The average Bonchev–Trinajstić information content (AvgIpc) is 2.54. The van der Waals surface area contributed by atoms with Crippen LogP contribution in [0.5, 0.6) is 0 Å². The molecule has 2 N–H and O–H groups in total. The lowest BCUT2D eigenvalue weighted by Gasteiger charge is -2.26.